The summed E-state index contributed by atoms with van der Waals surface area (Å²) in [4.78, 5) is 0.138. The molecular formula is C16H22N4O2S. The van der Waals surface area contributed by atoms with Gasteiger partial charge in [0.25, 0.3) is 0 Å². The summed E-state index contributed by atoms with van der Waals surface area (Å²) in [5, 5.41) is 12.9. The Bertz CT molecular complexity index is 764. The van der Waals surface area contributed by atoms with E-state index in [0.717, 1.165) is 36.3 Å². The number of allylic oxidation sites excluding steroid dienone is 1. The maximum Gasteiger partial charge on any atom is 0.238 e. The molecule has 0 unspecified atom stereocenters. The SMILES string of the molecule is C=CCn1cc(CNCCc2ccc(S(N)(=O)=O)cc2)c(C)n1. The Kier molecular flexibility index (Phi) is 5.70. The molecule has 0 fully saturated rings. The second kappa shape index (κ2) is 7.54. The van der Waals surface area contributed by atoms with E-state index in [0.29, 0.717) is 6.54 Å². The monoisotopic (exact) mass is 334 g/mol. The molecule has 1 aromatic heterocycles. The summed E-state index contributed by atoms with van der Waals surface area (Å²) in [5.41, 5.74) is 3.23. The van der Waals surface area contributed by atoms with Crippen molar-refractivity contribution in [2.45, 2.75) is 31.3 Å². The summed E-state index contributed by atoms with van der Waals surface area (Å²) in [6, 6.07) is 6.64. The van der Waals surface area contributed by atoms with E-state index in [2.05, 4.69) is 17.0 Å². The number of hydrogen-bond acceptors (Lipinski definition) is 4. The average molecular weight is 334 g/mol. The second-order valence-electron chi connectivity index (χ2n) is 5.37. The Morgan fingerprint density at radius 2 is 2.04 bits per heavy atom. The highest BCUT2D eigenvalue weighted by Crippen LogP contribution is 2.09. The molecule has 2 rings (SSSR count). The highest BCUT2D eigenvalue weighted by atomic mass is 32.2. The summed E-state index contributed by atoms with van der Waals surface area (Å²) in [7, 11) is -3.62. The van der Waals surface area contributed by atoms with E-state index in [9.17, 15) is 8.42 Å². The highest BCUT2D eigenvalue weighted by Gasteiger charge is 2.07. The Hall–Kier alpha value is -1.96. The fourth-order valence-corrected chi connectivity index (χ4v) is 2.78. The van der Waals surface area contributed by atoms with Crippen molar-refractivity contribution >= 4 is 10.0 Å². The minimum absolute atomic E-state index is 0.138. The first kappa shape index (κ1) is 17.4. The molecule has 1 aromatic carbocycles. The second-order valence-corrected chi connectivity index (χ2v) is 6.93. The zero-order chi connectivity index (χ0) is 16.9. The third kappa shape index (κ3) is 5.02. The third-order valence-electron chi connectivity index (χ3n) is 3.52. The van der Waals surface area contributed by atoms with E-state index in [1.165, 1.54) is 12.1 Å². The third-order valence-corrected chi connectivity index (χ3v) is 4.45. The first-order chi connectivity index (χ1) is 10.9. The van der Waals surface area contributed by atoms with Crippen LogP contribution in [-0.2, 0) is 29.5 Å². The first-order valence-corrected chi connectivity index (χ1v) is 8.91. The number of nitrogens with zero attached hydrogens (tertiary/aromatic N) is 2. The van der Waals surface area contributed by atoms with E-state index < -0.39 is 10.0 Å². The van der Waals surface area contributed by atoms with Gasteiger partial charge in [0.2, 0.25) is 10.0 Å². The van der Waals surface area contributed by atoms with Crippen molar-refractivity contribution in [1.82, 2.24) is 15.1 Å². The van der Waals surface area contributed by atoms with E-state index in [1.54, 1.807) is 12.1 Å². The summed E-state index contributed by atoms with van der Waals surface area (Å²) >= 11 is 0. The van der Waals surface area contributed by atoms with Gasteiger partial charge < -0.3 is 5.32 Å². The molecule has 0 saturated carbocycles. The lowest BCUT2D eigenvalue weighted by molar-refractivity contribution is 0.597. The van der Waals surface area contributed by atoms with Gasteiger partial charge in [-0.05, 0) is 37.6 Å². The predicted molar refractivity (Wildman–Crippen MR) is 90.4 cm³/mol. The van der Waals surface area contributed by atoms with Crippen LogP contribution in [0, 0.1) is 6.92 Å². The zero-order valence-corrected chi connectivity index (χ0v) is 14.0. The fraction of sp³-hybridized carbons (Fsp3) is 0.312. The molecule has 7 heteroatoms. The van der Waals surface area contributed by atoms with Crippen LogP contribution in [0.5, 0.6) is 0 Å². The van der Waals surface area contributed by atoms with Gasteiger partial charge in [-0.25, -0.2) is 13.6 Å². The number of nitrogens with one attached hydrogen (secondary N) is 1. The molecule has 0 aliphatic rings. The molecule has 0 aliphatic heterocycles. The molecule has 0 radical (unpaired) electrons. The summed E-state index contributed by atoms with van der Waals surface area (Å²) in [5.74, 6) is 0. The first-order valence-electron chi connectivity index (χ1n) is 7.36. The summed E-state index contributed by atoms with van der Waals surface area (Å²) in [6.07, 6.45) is 4.64. The number of hydrogen-bond donors (Lipinski definition) is 2. The Morgan fingerprint density at radius 1 is 1.35 bits per heavy atom. The van der Waals surface area contributed by atoms with Gasteiger partial charge in [0.05, 0.1) is 17.1 Å². The molecule has 6 nitrogen and oxygen atoms in total. The molecule has 23 heavy (non-hydrogen) atoms. The van der Waals surface area contributed by atoms with Gasteiger partial charge in [-0.1, -0.05) is 18.2 Å². The molecule has 0 spiro atoms. The quantitative estimate of drug-likeness (QED) is 0.563. The molecule has 0 bridgehead atoms. The lowest BCUT2D eigenvalue weighted by Crippen LogP contribution is -2.17. The van der Waals surface area contributed by atoms with Gasteiger partial charge in [-0.15, -0.1) is 6.58 Å². The van der Waals surface area contributed by atoms with Crippen LogP contribution in [0.2, 0.25) is 0 Å². The Morgan fingerprint density at radius 3 is 2.65 bits per heavy atom. The van der Waals surface area contributed by atoms with Gasteiger partial charge in [0.1, 0.15) is 0 Å². The van der Waals surface area contributed by atoms with E-state index >= 15 is 0 Å². The predicted octanol–water partition coefficient (Wildman–Crippen LogP) is 1.36. The number of aromatic nitrogens is 2. The fourth-order valence-electron chi connectivity index (χ4n) is 2.26. The van der Waals surface area contributed by atoms with Crippen LogP contribution in [0.25, 0.3) is 0 Å². The Labute approximate surface area is 137 Å². The van der Waals surface area contributed by atoms with E-state index in [1.807, 2.05) is 23.9 Å². The molecule has 3 N–H and O–H groups in total. The minimum atomic E-state index is -3.62. The van der Waals surface area contributed by atoms with Crippen molar-refractivity contribution in [1.29, 1.82) is 0 Å². The molecule has 2 aromatic rings. The summed E-state index contributed by atoms with van der Waals surface area (Å²) < 4.78 is 24.3. The zero-order valence-electron chi connectivity index (χ0n) is 13.2. The van der Waals surface area contributed by atoms with Crippen LogP contribution in [0.15, 0.2) is 48.0 Å². The molecule has 0 saturated heterocycles. The smallest absolute Gasteiger partial charge is 0.238 e. The van der Waals surface area contributed by atoms with Crippen LogP contribution in [0.3, 0.4) is 0 Å². The van der Waals surface area contributed by atoms with Gasteiger partial charge in [0.15, 0.2) is 0 Å². The number of aryl methyl sites for hydroxylation is 1. The maximum atomic E-state index is 11.2. The molecule has 0 atom stereocenters. The van der Waals surface area contributed by atoms with Gasteiger partial charge in [0, 0.05) is 18.3 Å². The standard InChI is InChI=1S/C16H22N4O2S/c1-3-10-20-12-15(13(2)19-20)11-18-9-8-14-4-6-16(7-5-14)23(17,21)22/h3-7,12,18H,1,8-11H2,2H3,(H2,17,21,22). The Balaban J connectivity index is 1.82. The van der Waals surface area contributed by atoms with Crippen LogP contribution in [-0.4, -0.2) is 24.7 Å². The van der Waals surface area contributed by atoms with Crippen LogP contribution in [0.1, 0.15) is 16.8 Å². The lowest BCUT2D eigenvalue weighted by atomic mass is 10.1. The number of benzene rings is 1. The highest BCUT2D eigenvalue weighted by molar-refractivity contribution is 7.89. The molecule has 0 aliphatic carbocycles. The number of nitrogens with two attached hydrogens (primary N) is 1. The van der Waals surface area contributed by atoms with Crippen molar-refractivity contribution in [3.8, 4) is 0 Å². The van der Waals surface area contributed by atoms with Gasteiger partial charge >= 0.3 is 0 Å². The summed E-state index contributed by atoms with van der Waals surface area (Å²) in [6.45, 7) is 7.94. The average Bonchev–Trinajstić information content (AvgIpc) is 2.83. The van der Waals surface area contributed by atoms with Crippen molar-refractivity contribution in [2.75, 3.05) is 6.54 Å². The van der Waals surface area contributed by atoms with Crippen molar-refractivity contribution < 1.29 is 8.42 Å². The van der Waals surface area contributed by atoms with Crippen molar-refractivity contribution in [2.24, 2.45) is 5.14 Å². The van der Waals surface area contributed by atoms with E-state index in [4.69, 9.17) is 5.14 Å². The molecule has 0 amide bonds. The topological polar surface area (TPSA) is 90.0 Å². The lowest BCUT2D eigenvalue weighted by Gasteiger charge is -2.05. The van der Waals surface area contributed by atoms with Crippen molar-refractivity contribution in [3.05, 3.63) is 59.9 Å². The molecule has 1 heterocycles. The number of primary sulfonamides is 1. The molecular weight excluding hydrogens is 312 g/mol. The van der Waals surface area contributed by atoms with Crippen LogP contribution >= 0.6 is 0 Å². The minimum Gasteiger partial charge on any atom is -0.312 e. The largest absolute Gasteiger partial charge is 0.312 e. The number of rotatable bonds is 8. The van der Waals surface area contributed by atoms with Crippen LogP contribution in [0.4, 0.5) is 0 Å². The molecule has 124 valence electrons. The normalized spacial score (nSPS) is 11.6. The van der Waals surface area contributed by atoms with Gasteiger partial charge in [-0.3, -0.25) is 4.68 Å². The van der Waals surface area contributed by atoms with Crippen molar-refractivity contribution in [3.63, 3.8) is 0 Å². The number of sulfonamides is 1. The van der Waals surface area contributed by atoms with E-state index in [-0.39, 0.29) is 4.90 Å². The van der Waals surface area contributed by atoms with Gasteiger partial charge in [-0.2, -0.15) is 5.10 Å². The van der Waals surface area contributed by atoms with Crippen LogP contribution < -0.4 is 10.5 Å². The maximum absolute atomic E-state index is 11.2.